The standard InChI is InChI=1S/C26H30N4O2/c1-18(31)32-26(15-8-16-26)20-11-13-21(14-12-20)27-22-17-23(30-25(2,3)4)29-24(28-22)19-9-6-5-7-10-19/h5-7,9-14,17H,8,15-16H2,1-4H3,(H2,27,28,29,30). The van der Waals surface area contributed by atoms with E-state index in [0.29, 0.717) is 11.6 Å². The molecule has 6 heteroatoms. The fourth-order valence-electron chi connectivity index (χ4n) is 3.90. The number of aromatic nitrogens is 2. The van der Waals surface area contributed by atoms with Crippen molar-refractivity contribution in [3.63, 3.8) is 0 Å². The van der Waals surface area contributed by atoms with Crippen LogP contribution in [0.3, 0.4) is 0 Å². The second kappa shape index (κ2) is 8.61. The van der Waals surface area contributed by atoms with Crippen molar-refractivity contribution < 1.29 is 9.53 Å². The topological polar surface area (TPSA) is 76.1 Å². The number of ether oxygens (including phenoxy) is 1. The van der Waals surface area contributed by atoms with E-state index in [0.717, 1.165) is 41.9 Å². The first-order valence-electron chi connectivity index (χ1n) is 11.0. The first-order chi connectivity index (χ1) is 15.2. The Hall–Kier alpha value is -3.41. The molecule has 0 saturated heterocycles. The fraction of sp³-hybridized carbons (Fsp3) is 0.346. The molecule has 0 spiro atoms. The minimum Gasteiger partial charge on any atom is -0.454 e. The Bertz CT molecular complexity index is 1090. The van der Waals surface area contributed by atoms with Crippen molar-refractivity contribution in [3.05, 3.63) is 66.2 Å². The Morgan fingerprint density at radius 2 is 1.62 bits per heavy atom. The number of nitrogens with zero attached hydrogens (tertiary/aromatic N) is 2. The Morgan fingerprint density at radius 1 is 0.969 bits per heavy atom. The molecule has 166 valence electrons. The van der Waals surface area contributed by atoms with E-state index in [2.05, 4.69) is 31.4 Å². The summed E-state index contributed by atoms with van der Waals surface area (Å²) in [5.41, 5.74) is 2.30. The average Bonchev–Trinajstić information content (AvgIpc) is 2.70. The van der Waals surface area contributed by atoms with Crippen molar-refractivity contribution in [2.75, 3.05) is 10.6 Å². The number of carbonyl (C=O) groups excluding carboxylic acids is 1. The summed E-state index contributed by atoms with van der Waals surface area (Å²) in [5.74, 6) is 1.88. The number of nitrogens with one attached hydrogen (secondary N) is 2. The van der Waals surface area contributed by atoms with Gasteiger partial charge in [-0.1, -0.05) is 42.5 Å². The first kappa shape index (κ1) is 21.8. The third kappa shape index (κ3) is 5.07. The van der Waals surface area contributed by atoms with Crippen LogP contribution in [0.15, 0.2) is 60.7 Å². The molecule has 1 heterocycles. The van der Waals surface area contributed by atoms with Gasteiger partial charge < -0.3 is 15.4 Å². The zero-order valence-corrected chi connectivity index (χ0v) is 19.1. The Morgan fingerprint density at radius 3 is 2.19 bits per heavy atom. The van der Waals surface area contributed by atoms with Crippen LogP contribution in [-0.4, -0.2) is 21.5 Å². The van der Waals surface area contributed by atoms with Crippen LogP contribution in [0.25, 0.3) is 11.4 Å². The van der Waals surface area contributed by atoms with Crippen LogP contribution in [0.5, 0.6) is 0 Å². The molecule has 1 fully saturated rings. The van der Waals surface area contributed by atoms with Crippen molar-refractivity contribution in [1.29, 1.82) is 0 Å². The van der Waals surface area contributed by atoms with Crippen LogP contribution in [0, 0.1) is 0 Å². The molecular weight excluding hydrogens is 400 g/mol. The molecule has 1 aliphatic carbocycles. The summed E-state index contributed by atoms with van der Waals surface area (Å²) in [5, 5.41) is 6.84. The van der Waals surface area contributed by atoms with Crippen molar-refractivity contribution in [2.45, 2.75) is 58.1 Å². The average molecular weight is 431 g/mol. The molecule has 0 radical (unpaired) electrons. The molecule has 32 heavy (non-hydrogen) atoms. The van der Waals surface area contributed by atoms with Crippen molar-refractivity contribution in [2.24, 2.45) is 0 Å². The lowest BCUT2D eigenvalue weighted by Crippen LogP contribution is -2.38. The molecule has 3 aromatic rings. The van der Waals surface area contributed by atoms with E-state index in [-0.39, 0.29) is 11.5 Å². The molecule has 0 aliphatic heterocycles. The van der Waals surface area contributed by atoms with Gasteiger partial charge in [-0.05, 0) is 57.7 Å². The highest BCUT2D eigenvalue weighted by molar-refractivity contribution is 5.68. The van der Waals surface area contributed by atoms with Crippen molar-refractivity contribution >= 4 is 23.3 Å². The fourth-order valence-corrected chi connectivity index (χ4v) is 3.90. The molecule has 0 atom stereocenters. The second-order valence-electron chi connectivity index (χ2n) is 9.35. The van der Waals surface area contributed by atoms with Gasteiger partial charge in [-0.3, -0.25) is 4.79 Å². The minimum absolute atomic E-state index is 0.130. The van der Waals surface area contributed by atoms with E-state index < -0.39 is 5.60 Å². The Kier molecular flexibility index (Phi) is 5.87. The molecular formula is C26H30N4O2. The van der Waals surface area contributed by atoms with Crippen LogP contribution in [0.1, 0.15) is 52.5 Å². The van der Waals surface area contributed by atoms with E-state index in [9.17, 15) is 4.79 Å². The number of esters is 1. The number of hydrogen-bond acceptors (Lipinski definition) is 6. The van der Waals surface area contributed by atoms with E-state index >= 15 is 0 Å². The molecule has 2 N–H and O–H groups in total. The van der Waals surface area contributed by atoms with Gasteiger partial charge in [0.15, 0.2) is 5.82 Å². The molecule has 2 aromatic carbocycles. The molecule has 0 bridgehead atoms. The molecule has 1 aliphatic rings. The summed E-state index contributed by atoms with van der Waals surface area (Å²) in [7, 11) is 0. The highest BCUT2D eigenvalue weighted by Gasteiger charge is 2.41. The summed E-state index contributed by atoms with van der Waals surface area (Å²) in [6.07, 6.45) is 2.81. The van der Waals surface area contributed by atoms with Gasteiger partial charge in [0, 0.05) is 29.8 Å². The highest BCUT2D eigenvalue weighted by atomic mass is 16.6. The zero-order valence-electron chi connectivity index (χ0n) is 19.1. The lowest BCUT2D eigenvalue weighted by Gasteiger charge is -2.41. The predicted octanol–water partition coefficient (Wildman–Crippen LogP) is 6.04. The molecule has 1 aromatic heterocycles. The van der Waals surface area contributed by atoms with Crippen LogP contribution >= 0.6 is 0 Å². The summed E-state index contributed by atoms with van der Waals surface area (Å²) >= 11 is 0. The van der Waals surface area contributed by atoms with Crippen molar-refractivity contribution in [1.82, 2.24) is 9.97 Å². The first-order valence-corrected chi connectivity index (χ1v) is 11.0. The van der Waals surface area contributed by atoms with E-state index in [1.165, 1.54) is 6.92 Å². The quantitative estimate of drug-likeness (QED) is 0.464. The summed E-state index contributed by atoms with van der Waals surface area (Å²) in [6, 6.07) is 19.9. The number of benzene rings is 2. The predicted molar refractivity (Wildman–Crippen MR) is 128 cm³/mol. The molecule has 6 nitrogen and oxygen atoms in total. The van der Waals surface area contributed by atoms with E-state index in [1.807, 2.05) is 60.7 Å². The van der Waals surface area contributed by atoms with Crippen LogP contribution in [0.4, 0.5) is 17.3 Å². The Balaban J connectivity index is 1.60. The van der Waals surface area contributed by atoms with Gasteiger partial charge in [0.1, 0.15) is 17.2 Å². The molecule has 0 amide bonds. The molecule has 1 saturated carbocycles. The van der Waals surface area contributed by atoms with Gasteiger partial charge in [-0.25, -0.2) is 9.97 Å². The number of hydrogen-bond donors (Lipinski definition) is 2. The normalized spacial score (nSPS) is 14.9. The van der Waals surface area contributed by atoms with Crippen molar-refractivity contribution in [3.8, 4) is 11.4 Å². The SMILES string of the molecule is CC(=O)OC1(c2ccc(Nc3cc(NC(C)(C)C)nc(-c4ccccc4)n3)cc2)CCC1. The lowest BCUT2D eigenvalue weighted by molar-refractivity contribution is -0.168. The third-order valence-electron chi connectivity index (χ3n) is 5.44. The number of carbonyl (C=O) groups is 1. The van der Waals surface area contributed by atoms with Gasteiger partial charge in [0.25, 0.3) is 0 Å². The van der Waals surface area contributed by atoms with Crippen LogP contribution in [0.2, 0.25) is 0 Å². The van der Waals surface area contributed by atoms with Crippen LogP contribution < -0.4 is 10.6 Å². The summed E-state index contributed by atoms with van der Waals surface area (Å²) in [6.45, 7) is 7.77. The van der Waals surface area contributed by atoms with E-state index in [4.69, 9.17) is 14.7 Å². The monoisotopic (exact) mass is 430 g/mol. The van der Waals surface area contributed by atoms with Gasteiger partial charge in [0.05, 0.1) is 0 Å². The number of rotatable bonds is 6. The second-order valence-corrected chi connectivity index (χ2v) is 9.35. The molecule has 4 rings (SSSR count). The van der Waals surface area contributed by atoms with Crippen LogP contribution in [-0.2, 0) is 15.1 Å². The lowest BCUT2D eigenvalue weighted by atomic mass is 9.75. The maximum atomic E-state index is 11.6. The maximum absolute atomic E-state index is 11.6. The largest absolute Gasteiger partial charge is 0.454 e. The van der Waals surface area contributed by atoms with Gasteiger partial charge in [0.2, 0.25) is 0 Å². The van der Waals surface area contributed by atoms with E-state index in [1.54, 1.807) is 0 Å². The van der Waals surface area contributed by atoms with Gasteiger partial charge in [-0.15, -0.1) is 0 Å². The third-order valence-corrected chi connectivity index (χ3v) is 5.44. The Labute approximate surface area is 189 Å². The minimum atomic E-state index is -0.469. The number of anilines is 3. The summed E-state index contributed by atoms with van der Waals surface area (Å²) in [4.78, 5) is 21.0. The highest BCUT2D eigenvalue weighted by Crippen LogP contribution is 2.45. The van der Waals surface area contributed by atoms with Gasteiger partial charge >= 0.3 is 5.97 Å². The summed E-state index contributed by atoms with van der Waals surface area (Å²) < 4.78 is 5.66. The molecule has 0 unspecified atom stereocenters. The smallest absolute Gasteiger partial charge is 0.303 e. The van der Waals surface area contributed by atoms with Gasteiger partial charge in [-0.2, -0.15) is 0 Å². The maximum Gasteiger partial charge on any atom is 0.303 e. The zero-order chi connectivity index (χ0) is 22.8.